The highest BCUT2D eigenvalue weighted by Gasteiger charge is 2.14. The molecule has 2 rings (SSSR count). The fraction of sp³-hybridized carbons (Fsp3) is 0.786. The van der Waals surface area contributed by atoms with Crippen LogP contribution in [0.3, 0.4) is 0 Å². The first kappa shape index (κ1) is 14.5. The van der Waals surface area contributed by atoms with Gasteiger partial charge in [-0.3, -0.25) is 4.68 Å². The maximum Gasteiger partial charge on any atom is 0.0762 e. The summed E-state index contributed by atoms with van der Waals surface area (Å²) in [6.45, 7) is 4.34. The van der Waals surface area contributed by atoms with Crippen molar-refractivity contribution in [2.24, 2.45) is 0 Å². The molecule has 0 spiro atoms. The predicted octanol–water partition coefficient (Wildman–Crippen LogP) is 1.58. The van der Waals surface area contributed by atoms with E-state index in [2.05, 4.69) is 22.7 Å². The van der Waals surface area contributed by atoms with E-state index >= 15 is 0 Å². The Kier molecular flexibility index (Phi) is 6.33. The fourth-order valence-corrected chi connectivity index (χ4v) is 2.37. The van der Waals surface area contributed by atoms with Crippen molar-refractivity contribution in [1.29, 1.82) is 0 Å². The third-order valence-corrected chi connectivity index (χ3v) is 3.42. The molecule has 1 aromatic heterocycles. The summed E-state index contributed by atoms with van der Waals surface area (Å²) in [6.07, 6.45) is 7.30. The quantitative estimate of drug-likeness (QED) is 0.690. The highest BCUT2D eigenvalue weighted by molar-refractivity contribution is 4.98. The molecule has 1 fully saturated rings. The Bertz CT molecular complexity index is 348. The molecule has 1 unspecified atom stereocenters. The summed E-state index contributed by atoms with van der Waals surface area (Å²) in [7, 11) is 1.71. The van der Waals surface area contributed by atoms with E-state index in [-0.39, 0.29) is 0 Å². The smallest absolute Gasteiger partial charge is 0.0762 e. The third-order valence-electron chi connectivity index (χ3n) is 3.42. The summed E-state index contributed by atoms with van der Waals surface area (Å²) in [4.78, 5) is 0. The van der Waals surface area contributed by atoms with Gasteiger partial charge in [0, 0.05) is 39.5 Å². The Morgan fingerprint density at radius 3 is 3.32 bits per heavy atom. The molecule has 1 aliphatic heterocycles. The lowest BCUT2D eigenvalue weighted by Crippen LogP contribution is -2.19. The monoisotopic (exact) mass is 267 g/mol. The van der Waals surface area contributed by atoms with Crippen molar-refractivity contribution in [2.45, 2.75) is 44.9 Å². The van der Waals surface area contributed by atoms with Gasteiger partial charge in [0.05, 0.1) is 18.4 Å². The van der Waals surface area contributed by atoms with E-state index in [9.17, 15) is 0 Å². The average molecular weight is 267 g/mol. The summed E-state index contributed by atoms with van der Waals surface area (Å²) >= 11 is 0. The van der Waals surface area contributed by atoms with Crippen LogP contribution in [0.4, 0.5) is 0 Å². The minimum atomic E-state index is 0.491. The van der Waals surface area contributed by atoms with E-state index in [1.165, 1.54) is 12.8 Å². The number of methoxy groups -OCH3 is 1. The van der Waals surface area contributed by atoms with Crippen LogP contribution in [0, 0.1) is 0 Å². The Morgan fingerprint density at radius 1 is 1.58 bits per heavy atom. The summed E-state index contributed by atoms with van der Waals surface area (Å²) in [6, 6.07) is 2.08. The standard InChI is InChI=1S/C14H25N3O2/c1-18-11-7-15-12-13-6-9-17(16-13)8-2-4-14-5-3-10-19-14/h6,9,14-15H,2-5,7-8,10-12H2,1H3. The molecule has 19 heavy (non-hydrogen) atoms. The molecule has 1 aliphatic rings. The van der Waals surface area contributed by atoms with E-state index in [1.807, 2.05) is 4.68 Å². The van der Waals surface area contributed by atoms with Crippen LogP contribution in [0.5, 0.6) is 0 Å². The van der Waals surface area contributed by atoms with Gasteiger partial charge in [0.2, 0.25) is 0 Å². The van der Waals surface area contributed by atoms with Gasteiger partial charge in [-0.05, 0) is 31.7 Å². The summed E-state index contributed by atoms with van der Waals surface area (Å²) in [5.41, 5.74) is 1.09. The maximum absolute atomic E-state index is 5.62. The van der Waals surface area contributed by atoms with Crippen LogP contribution >= 0.6 is 0 Å². The molecule has 1 aromatic rings. The Morgan fingerprint density at radius 2 is 2.53 bits per heavy atom. The summed E-state index contributed by atoms with van der Waals surface area (Å²) in [5, 5.41) is 7.84. The lowest BCUT2D eigenvalue weighted by molar-refractivity contribution is 0.101. The Hall–Kier alpha value is -0.910. The number of ether oxygens (including phenoxy) is 2. The second kappa shape index (κ2) is 8.30. The number of hydrogen-bond acceptors (Lipinski definition) is 4. The fourth-order valence-electron chi connectivity index (χ4n) is 2.37. The molecule has 2 heterocycles. The van der Waals surface area contributed by atoms with Gasteiger partial charge >= 0.3 is 0 Å². The summed E-state index contributed by atoms with van der Waals surface area (Å²) in [5.74, 6) is 0. The van der Waals surface area contributed by atoms with E-state index in [1.54, 1.807) is 7.11 Å². The van der Waals surface area contributed by atoms with Gasteiger partial charge in [0.25, 0.3) is 0 Å². The highest BCUT2D eigenvalue weighted by Crippen LogP contribution is 2.17. The van der Waals surface area contributed by atoms with Gasteiger partial charge in [0.15, 0.2) is 0 Å². The Balaban J connectivity index is 1.60. The van der Waals surface area contributed by atoms with Crippen molar-refractivity contribution in [2.75, 3.05) is 26.9 Å². The van der Waals surface area contributed by atoms with Crippen molar-refractivity contribution in [3.05, 3.63) is 18.0 Å². The molecular formula is C14H25N3O2. The minimum Gasteiger partial charge on any atom is -0.383 e. The first-order valence-electron chi connectivity index (χ1n) is 7.22. The molecule has 1 saturated heterocycles. The molecule has 0 radical (unpaired) electrons. The van der Waals surface area contributed by atoms with E-state index in [4.69, 9.17) is 9.47 Å². The third kappa shape index (κ3) is 5.30. The molecule has 0 saturated carbocycles. The number of rotatable bonds is 9. The normalized spacial score (nSPS) is 19.1. The zero-order valence-corrected chi connectivity index (χ0v) is 11.8. The first-order valence-corrected chi connectivity index (χ1v) is 7.22. The van der Waals surface area contributed by atoms with Gasteiger partial charge in [0.1, 0.15) is 0 Å². The second-order valence-electron chi connectivity index (χ2n) is 5.02. The predicted molar refractivity (Wildman–Crippen MR) is 74.0 cm³/mol. The highest BCUT2D eigenvalue weighted by atomic mass is 16.5. The van der Waals surface area contributed by atoms with Crippen LogP contribution in [-0.4, -0.2) is 42.8 Å². The van der Waals surface area contributed by atoms with E-state index in [0.717, 1.165) is 51.4 Å². The van der Waals surface area contributed by atoms with Crippen LogP contribution in [0.1, 0.15) is 31.4 Å². The minimum absolute atomic E-state index is 0.491. The molecule has 108 valence electrons. The molecular weight excluding hydrogens is 242 g/mol. The SMILES string of the molecule is COCCNCc1ccn(CCCC2CCCO2)n1. The van der Waals surface area contributed by atoms with E-state index in [0.29, 0.717) is 6.10 Å². The van der Waals surface area contributed by atoms with Gasteiger partial charge < -0.3 is 14.8 Å². The zero-order chi connectivity index (χ0) is 13.3. The van der Waals surface area contributed by atoms with Gasteiger partial charge in [-0.1, -0.05) is 0 Å². The first-order chi connectivity index (χ1) is 9.38. The molecule has 1 N–H and O–H groups in total. The van der Waals surface area contributed by atoms with Crippen molar-refractivity contribution in [1.82, 2.24) is 15.1 Å². The number of hydrogen-bond donors (Lipinski definition) is 1. The molecule has 0 aromatic carbocycles. The van der Waals surface area contributed by atoms with Crippen molar-refractivity contribution in [3.8, 4) is 0 Å². The average Bonchev–Trinajstić information content (AvgIpc) is 3.07. The molecule has 5 nitrogen and oxygen atoms in total. The summed E-state index contributed by atoms with van der Waals surface area (Å²) < 4.78 is 12.6. The molecule has 1 atom stereocenters. The second-order valence-corrected chi connectivity index (χ2v) is 5.02. The maximum atomic E-state index is 5.62. The van der Waals surface area contributed by atoms with Crippen molar-refractivity contribution < 1.29 is 9.47 Å². The molecule has 0 bridgehead atoms. The molecule has 0 amide bonds. The zero-order valence-electron chi connectivity index (χ0n) is 11.8. The van der Waals surface area contributed by atoms with Crippen molar-refractivity contribution in [3.63, 3.8) is 0 Å². The Labute approximate surface area is 115 Å². The van der Waals surface area contributed by atoms with Crippen LogP contribution < -0.4 is 5.32 Å². The van der Waals surface area contributed by atoms with E-state index < -0.39 is 0 Å². The van der Waals surface area contributed by atoms with Crippen LogP contribution in [0.25, 0.3) is 0 Å². The number of aryl methyl sites for hydroxylation is 1. The van der Waals surface area contributed by atoms with Gasteiger partial charge in [-0.15, -0.1) is 0 Å². The van der Waals surface area contributed by atoms with Crippen LogP contribution in [-0.2, 0) is 22.6 Å². The number of aromatic nitrogens is 2. The lowest BCUT2D eigenvalue weighted by Gasteiger charge is -2.08. The van der Waals surface area contributed by atoms with Crippen LogP contribution in [0.15, 0.2) is 12.3 Å². The molecule has 0 aliphatic carbocycles. The molecule has 5 heteroatoms. The van der Waals surface area contributed by atoms with Crippen molar-refractivity contribution >= 4 is 0 Å². The van der Waals surface area contributed by atoms with Crippen LogP contribution in [0.2, 0.25) is 0 Å². The topological polar surface area (TPSA) is 48.3 Å². The number of nitrogens with zero attached hydrogens (tertiary/aromatic N) is 2. The number of nitrogens with one attached hydrogen (secondary N) is 1. The lowest BCUT2D eigenvalue weighted by atomic mass is 10.1. The van der Waals surface area contributed by atoms with Gasteiger partial charge in [-0.25, -0.2) is 0 Å². The largest absolute Gasteiger partial charge is 0.383 e. The van der Waals surface area contributed by atoms with Gasteiger partial charge in [-0.2, -0.15) is 5.10 Å².